The highest BCUT2D eigenvalue weighted by Gasteiger charge is 2.37. The summed E-state index contributed by atoms with van der Waals surface area (Å²) in [7, 11) is 0. The third-order valence-electron chi connectivity index (χ3n) is 5.22. The Morgan fingerprint density at radius 2 is 1.42 bits per heavy atom. The largest absolute Gasteiger partial charge is 0.462 e. The van der Waals surface area contributed by atoms with Crippen LogP contribution in [0.25, 0.3) is 0 Å². The average Bonchev–Trinajstić information content (AvgIpc) is 3.13. The number of amides is 3. The van der Waals surface area contributed by atoms with Gasteiger partial charge in [-0.15, -0.1) is 0 Å². The van der Waals surface area contributed by atoms with Gasteiger partial charge in [-0.3, -0.25) is 14.4 Å². The summed E-state index contributed by atoms with van der Waals surface area (Å²) >= 11 is 0. The first-order valence-corrected chi connectivity index (χ1v) is 10.8. The molecule has 0 spiro atoms. The molecule has 0 bridgehead atoms. The van der Waals surface area contributed by atoms with E-state index < -0.39 is 42.1 Å². The van der Waals surface area contributed by atoms with Crippen molar-refractivity contribution in [1.82, 2.24) is 0 Å². The zero-order chi connectivity index (χ0) is 25.8. The number of hydrogen-bond donors (Lipinski definition) is 1. The second-order valence-electron chi connectivity index (χ2n) is 7.60. The lowest BCUT2D eigenvalue weighted by Gasteiger charge is -2.13. The van der Waals surface area contributed by atoms with E-state index in [4.69, 9.17) is 9.47 Å². The minimum absolute atomic E-state index is 0.00934. The third-order valence-corrected chi connectivity index (χ3v) is 5.22. The molecular weight excluding hydrogens is 471 g/mol. The first-order chi connectivity index (χ1) is 17.3. The Labute approximate surface area is 204 Å². The molecule has 0 radical (unpaired) electrons. The Morgan fingerprint density at radius 3 is 2.08 bits per heavy atom. The number of fused-ring (bicyclic) bond motifs is 1. The normalized spacial score (nSPS) is 12.2. The fraction of sp³-hybridized carbons (Fsp3) is 0.115. The number of carbonyl (C=O) groups excluding carboxylic acids is 5. The van der Waals surface area contributed by atoms with Crippen molar-refractivity contribution in [3.63, 3.8) is 0 Å². The van der Waals surface area contributed by atoms with Crippen LogP contribution in [-0.4, -0.2) is 42.9 Å². The average molecular weight is 490 g/mol. The Bertz CT molecular complexity index is 1370. The molecule has 1 N–H and O–H groups in total. The zero-order valence-corrected chi connectivity index (χ0v) is 18.9. The molecule has 3 amide bonds. The summed E-state index contributed by atoms with van der Waals surface area (Å²) in [5.41, 5.74) is 0.950. The predicted octanol–water partition coefficient (Wildman–Crippen LogP) is 3.60. The Hall–Kier alpha value is -4.86. The van der Waals surface area contributed by atoms with Crippen molar-refractivity contribution < 1.29 is 37.8 Å². The van der Waals surface area contributed by atoms with Crippen LogP contribution in [0, 0.1) is 5.82 Å². The maximum atomic E-state index is 13.2. The molecule has 0 aromatic heterocycles. The molecule has 0 saturated carbocycles. The minimum Gasteiger partial charge on any atom is -0.462 e. The quantitative estimate of drug-likeness (QED) is 0.397. The van der Waals surface area contributed by atoms with Crippen molar-refractivity contribution in [3.05, 3.63) is 94.8 Å². The summed E-state index contributed by atoms with van der Waals surface area (Å²) in [6, 6.07) is 14.7. The van der Waals surface area contributed by atoms with Crippen LogP contribution in [0.3, 0.4) is 0 Å². The Kier molecular flexibility index (Phi) is 6.86. The number of esters is 2. The number of nitrogens with zero attached hydrogens (tertiary/aromatic N) is 1. The standard InChI is InChI=1S/C26H19FN2O7/c1-2-35-25(33)15-3-8-18(9-4-15)28-22(30)14-36-26(34)16-5-12-20-21(13-16)24(32)29(23(20)31)19-10-6-17(27)7-11-19/h3-13H,2,14H2,1H3,(H,28,30). The van der Waals surface area contributed by atoms with Crippen LogP contribution < -0.4 is 10.2 Å². The molecule has 0 atom stereocenters. The van der Waals surface area contributed by atoms with Gasteiger partial charge in [-0.2, -0.15) is 0 Å². The number of hydrogen-bond acceptors (Lipinski definition) is 7. The number of anilines is 2. The summed E-state index contributed by atoms with van der Waals surface area (Å²) in [6.07, 6.45) is 0. The van der Waals surface area contributed by atoms with Gasteiger partial charge in [0.15, 0.2) is 6.61 Å². The van der Waals surface area contributed by atoms with Gasteiger partial charge in [-0.25, -0.2) is 18.9 Å². The fourth-order valence-electron chi connectivity index (χ4n) is 3.51. The molecule has 3 aromatic rings. The van der Waals surface area contributed by atoms with Crippen molar-refractivity contribution in [2.75, 3.05) is 23.4 Å². The van der Waals surface area contributed by atoms with E-state index in [0.717, 1.165) is 17.0 Å². The van der Waals surface area contributed by atoms with Crippen LogP contribution in [0.4, 0.5) is 15.8 Å². The van der Waals surface area contributed by atoms with Gasteiger partial charge >= 0.3 is 11.9 Å². The van der Waals surface area contributed by atoms with E-state index in [9.17, 15) is 28.4 Å². The topological polar surface area (TPSA) is 119 Å². The van der Waals surface area contributed by atoms with E-state index in [1.165, 1.54) is 54.6 Å². The van der Waals surface area contributed by atoms with E-state index in [2.05, 4.69) is 5.32 Å². The monoisotopic (exact) mass is 490 g/mol. The summed E-state index contributed by atoms with van der Waals surface area (Å²) < 4.78 is 23.1. The number of imide groups is 1. The first kappa shape index (κ1) is 24.3. The van der Waals surface area contributed by atoms with Crippen molar-refractivity contribution in [2.24, 2.45) is 0 Å². The fourth-order valence-corrected chi connectivity index (χ4v) is 3.51. The highest BCUT2D eigenvalue weighted by atomic mass is 19.1. The Balaban J connectivity index is 1.38. The summed E-state index contributed by atoms with van der Waals surface area (Å²) in [4.78, 5) is 62.7. The molecule has 1 heterocycles. The number of benzene rings is 3. The minimum atomic E-state index is -0.869. The van der Waals surface area contributed by atoms with Crippen LogP contribution in [0.5, 0.6) is 0 Å². The van der Waals surface area contributed by atoms with Crippen molar-refractivity contribution in [2.45, 2.75) is 6.92 Å². The van der Waals surface area contributed by atoms with E-state index in [1.807, 2.05) is 0 Å². The molecule has 10 heteroatoms. The first-order valence-electron chi connectivity index (χ1n) is 10.8. The molecule has 4 rings (SSSR count). The van der Waals surface area contributed by atoms with Gasteiger partial charge in [0.25, 0.3) is 17.7 Å². The van der Waals surface area contributed by atoms with E-state index >= 15 is 0 Å². The molecule has 1 aliphatic heterocycles. The number of nitrogens with one attached hydrogen (secondary N) is 1. The molecule has 36 heavy (non-hydrogen) atoms. The van der Waals surface area contributed by atoms with Gasteiger partial charge in [0.05, 0.1) is 34.5 Å². The smallest absolute Gasteiger partial charge is 0.338 e. The van der Waals surface area contributed by atoms with Crippen LogP contribution in [0.1, 0.15) is 48.4 Å². The molecule has 1 aliphatic rings. The summed E-state index contributed by atoms with van der Waals surface area (Å²) in [5.74, 6) is -3.76. The molecule has 9 nitrogen and oxygen atoms in total. The van der Waals surface area contributed by atoms with Gasteiger partial charge in [0, 0.05) is 5.69 Å². The lowest BCUT2D eigenvalue weighted by molar-refractivity contribution is -0.119. The number of ether oxygens (including phenoxy) is 2. The number of rotatable bonds is 7. The molecular formula is C26H19FN2O7. The Morgan fingerprint density at radius 1 is 0.806 bits per heavy atom. The second-order valence-corrected chi connectivity index (χ2v) is 7.60. The molecule has 0 saturated heterocycles. The van der Waals surface area contributed by atoms with Crippen molar-refractivity contribution in [1.29, 1.82) is 0 Å². The van der Waals surface area contributed by atoms with Crippen molar-refractivity contribution >= 4 is 41.0 Å². The molecule has 0 unspecified atom stereocenters. The summed E-state index contributed by atoms with van der Waals surface area (Å²) in [6.45, 7) is 1.32. The maximum absolute atomic E-state index is 13.2. The van der Waals surface area contributed by atoms with E-state index in [-0.39, 0.29) is 29.0 Å². The third kappa shape index (κ3) is 4.97. The number of halogens is 1. The van der Waals surface area contributed by atoms with Gasteiger partial charge in [-0.1, -0.05) is 0 Å². The highest BCUT2D eigenvalue weighted by Crippen LogP contribution is 2.29. The van der Waals surface area contributed by atoms with Crippen LogP contribution in [0.15, 0.2) is 66.7 Å². The van der Waals surface area contributed by atoms with Gasteiger partial charge < -0.3 is 14.8 Å². The maximum Gasteiger partial charge on any atom is 0.338 e. The van der Waals surface area contributed by atoms with Crippen LogP contribution >= 0.6 is 0 Å². The van der Waals surface area contributed by atoms with Crippen LogP contribution in [-0.2, 0) is 14.3 Å². The summed E-state index contributed by atoms with van der Waals surface area (Å²) in [5, 5.41) is 2.53. The molecule has 182 valence electrons. The SMILES string of the molecule is CCOC(=O)c1ccc(NC(=O)COC(=O)c2ccc3c(c2)C(=O)N(c2ccc(F)cc2)C3=O)cc1. The van der Waals surface area contributed by atoms with Gasteiger partial charge in [-0.05, 0) is 73.7 Å². The van der Waals surface area contributed by atoms with Gasteiger partial charge in [0.2, 0.25) is 0 Å². The zero-order valence-electron chi connectivity index (χ0n) is 18.9. The van der Waals surface area contributed by atoms with Crippen molar-refractivity contribution in [3.8, 4) is 0 Å². The lowest BCUT2D eigenvalue weighted by atomic mass is 10.1. The van der Waals surface area contributed by atoms with E-state index in [0.29, 0.717) is 11.3 Å². The van der Waals surface area contributed by atoms with E-state index in [1.54, 1.807) is 6.92 Å². The molecule has 0 fully saturated rings. The van der Waals surface area contributed by atoms with Crippen LogP contribution in [0.2, 0.25) is 0 Å². The second kappa shape index (κ2) is 10.2. The number of carbonyl (C=O) groups is 5. The lowest BCUT2D eigenvalue weighted by Crippen LogP contribution is -2.29. The molecule has 3 aromatic carbocycles. The highest BCUT2D eigenvalue weighted by molar-refractivity contribution is 6.34. The van der Waals surface area contributed by atoms with Gasteiger partial charge in [0.1, 0.15) is 5.82 Å². The molecule has 0 aliphatic carbocycles. The predicted molar refractivity (Wildman–Crippen MR) is 125 cm³/mol.